The van der Waals surface area contributed by atoms with Crippen molar-refractivity contribution in [3.63, 3.8) is 0 Å². The molecule has 2 N–H and O–H groups in total. The van der Waals surface area contributed by atoms with Crippen molar-refractivity contribution >= 4 is 23.3 Å². The second kappa shape index (κ2) is 6.00. The predicted molar refractivity (Wildman–Crippen MR) is 90.8 cm³/mol. The lowest BCUT2D eigenvalue weighted by Gasteiger charge is -2.34. The molecule has 1 aliphatic heterocycles. The molecule has 0 aromatic carbocycles. The van der Waals surface area contributed by atoms with Crippen LogP contribution < -0.4 is 5.73 Å². The number of primary amides is 1. The molecule has 2 atom stereocenters. The number of carbonyl (C=O) groups excluding carboxylic acids is 2. The van der Waals surface area contributed by atoms with Gasteiger partial charge < -0.3 is 15.2 Å². The van der Waals surface area contributed by atoms with E-state index >= 15 is 0 Å². The van der Waals surface area contributed by atoms with Crippen LogP contribution in [0.3, 0.4) is 0 Å². The third-order valence-electron chi connectivity index (χ3n) is 3.67. The number of rotatable bonds is 2. The van der Waals surface area contributed by atoms with Gasteiger partial charge in [0.25, 0.3) is 5.91 Å². The Kier molecular flexibility index (Phi) is 4.67. The zero-order valence-electron chi connectivity index (χ0n) is 15.2. The Morgan fingerprint density at radius 3 is 2.42 bits per heavy atom. The number of amides is 2. The lowest BCUT2D eigenvalue weighted by Crippen LogP contribution is -2.47. The summed E-state index contributed by atoms with van der Waals surface area (Å²) < 4.78 is 11.5. The zero-order chi connectivity index (χ0) is 18.4. The summed E-state index contributed by atoms with van der Waals surface area (Å²) in [5.41, 5.74) is 4.12. The highest BCUT2D eigenvalue weighted by Crippen LogP contribution is 2.43. The molecule has 24 heavy (non-hydrogen) atoms. The van der Waals surface area contributed by atoms with Gasteiger partial charge in [0.1, 0.15) is 28.1 Å². The number of carbonyl (C=O) groups is 2. The maximum atomic E-state index is 12.7. The van der Waals surface area contributed by atoms with Crippen LogP contribution in [0.2, 0.25) is 0 Å². The molecule has 0 bridgehead atoms. The Morgan fingerprint density at radius 1 is 1.38 bits per heavy atom. The molecule has 2 heterocycles. The van der Waals surface area contributed by atoms with Crippen LogP contribution in [0.15, 0.2) is 0 Å². The summed E-state index contributed by atoms with van der Waals surface area (Å²) in [5, 5.41) is 0.616. The summed E-state index contributed by atoms with van der Waals surface area (Å²) in [6.07, 6.45) is -0.769. The third kappa shape index (κ3) is 3.54. The fourth-order valence-corrected chi connectivity index (χ4v) is 3.96. The van der Waals surface area contributed by atoms with Gasteiger partial charge in [-0.2, -0.15) is 0 Å². The number of ether oxygens (including phenoxy) is 2. The molecule has 8 heteroatoms. The van der Waals surface area contributed by atoms with Crippen LogP contribution in [0, 0.1) is 6.92 Å². The first kappa shape index (κ1) is 18.7. The number of hydrogen-bond acceptors (Lipinski definition) is 6. The molecule has 2 rings (SSSR count). The van der Waals surface area contributed by atoms with E-state index in [2.05, 4.69) is 4.98 Å². The van der Waals surface area contributed by atoms with E-state index in [0.717, 1.165) is 4.88 Å². The molecule has 0 spiro atoms. The van der Waals surface area contributed by atoms with Gasteiger partial charge in [-0.15, -0.1) is 11.3 Å². The average molecular weight is 355 g/mol. The van der Waals surface area contributed by atoms with Gasteiger partial charge in [0.05, 0.1) is 6.10 Å². The molecule has 0 unspecified atom stereocenters. The smallest absolute Gasteiger partial charge is 0.413 e. The number of thiazole rings is 1. The van der Waals surface area contributed by atoms with Crippen molar-refractivity contribution in [2.75, 3.05) is 0 Å². The molecule has 1 fully saturated rings. The van der Waals surface area contributed by atoms with Crippen molar-refractivity contribution in [3.8, 4) is 0 Å². The van der Waals surface area contributed by atoms with E-state index in [0.29, 0.717) is 5.01 Å². The highest BCUT2D eigenvalue weighted by atomic mass is 32.1. The van der Waals surface area contributed by atoms with Gasteiger partial charge in [-0.25, -0.2) is 9.78 Å². The molecule has 1 aliphatic rings. The molecule has 1 saturated heterocycles. The molecule has 0 radical (unpaired) electrons. The predicted octanol–water partition coefficient (Wildman–Crippen LogP) is 2.98. The quantitative estimate of drug-likeness (QED) is 0.880. The zero-order valence-corrected chi connectivity index (χ0v) is 16.0. The van der Waals surface area contributed by atoms with Gasteiger partial charge >= 0.3 is 6.09 Å². The van der Waals surface area contributed by atoms with Crippen LogP contribution in [0.25, 0.3) is 0 Å². The molecular weight excluding hydrogens is 330 g/mol. The van der Waals surface area contributed by atoms with Crippen molar-refractivity contribution in [2.45, 2.75) is 71.9 Å². The maximum Gasteiger partial charge on any atom is 0.413 e. The standard InChI is InChI=1S/C16H25N3O4S/c1-8-11(13-18-10(12(17)20)9(2)24-13)19(16(6,7)22-8)14(21)23-15(3,4)5/h8,11H,1-7H3,(H2,17,20)/t8-,11+/m1/s1. The topological polar surface area (TPSA) is 94.8 Å². The summed E-state index contributed by atoms with van der Waals surface area (Å²) in [4.78, 5) is 30.9. The summed E-state index contributed by atoms with van der Waals surface area (Å²) >= 11 is 1.34. The van der Waals surface area contributed by atoms with Crippen LogP contribution in [0.1, 0.15) is 68.0 Å². The molecule has 0 aliphatic carbocycles. The first-order chi connectivity index (χ1) is 10.8. The van der Waals surface area contributed by atoms with E-state index in [-0.39, 0.29) is 11.8 Å². The number of aryl methyl sites for hydroxylation is 1. The van der Waals surface area contributed by atoms with Gasteiger partial charge in [-0.3, -0.25) is 9.69 Å². The first-order valence-corrected chi connectivity index (χ1v) is 8.62. The fourth-order valence-electron chi connectivity index (χ4n) is 2.85. The average Bonchev–Trinajstić information content (AvgIpc) is 2.83. The molecule has 7 nitrogen and oxygen atoms in total. The van der Waals surface area contributed by atoms with Crippen LogP contribution in [0.5, 0.6) is 0 Å². The van der Waals surface area contributed by atoms with Crippen molar-refractivity contribution in [3.05, 3.63) is 15.6 Å². The molecule has 1 aromatic rings. The van der Waals surface area contributed by atoms with Gasteiger partial charge in [0.15, 0.2) is 0 Å². The molecular formula is C16H25N3O4S. The Bertz CT molecular complexity index is 663. The van der Waals surface area contributed by atoms with Gasteiger partial charge in [-0.05, 0) is 48.5 Å². The summed E-state index contributed by atoms with van der Waals surface area (Å²) in [7, 11) is 0. The fraction of sp³-hybridized carbons (Fsp3) is 0.688. The second-order valence-electron chi connectivity index (χ2n) is 7.39. The lowest BCUT2D eigenvalue weighted by molar-refractivity contribution is -0.0757. The van der Waals surface area contributed by atoms with E-state index in [9.17, 15) is 9.59 Å². The van der Waals surface area contributed by atoms with E-state index in [4.69, 9.17) is 15.2 Å². The Morgan fingerprint density at radius 2 is 1.96 bits per heavy atom. The minimum absolute atomic E-state index is 0.232. The highest BCUT2D eigenvalue weighted by molar-refractivity contribution is 7.12. The lowest BCUT2D eigenvalue weighted by atomic mass is 10.1. The SMILES string of the molecule is Cc1sc([C@@H]2[C@@H](C)OC(C)(C)N2C(=O)OC(C)(C)C)nc1C(N)=O. The van der Waals surface area contributed by atoms with Crippen molar-refractivity contribution < 1.29 is 19.1 Å². The molecule has 2 amide bonds. The van der Waals surface area contributed by atoms with Crippen molar-refractivity contribution in [2.24, 2.45) is 5.73 Å². The minimum Gasteiger partial charge on any atom is -0.444 e. The van der Waals surface area contributed by atoms with Crippen LogP contribution in [-0.4, -0.2) is 39.3 Å². The van der Waals surface area contributed by atoms with Crippen molar-refractivity contribution in [1.82, 2.24) is 9.88 Å². The van der Waals surface area contributed by atoms with E-state index in [1.54, 1.807) is 11.8 Å². The summed E-state index contributed by atoms with van der Waals surface area (Å²) in [6.45, 7) is 12.7. The highest BCUT2D eigenvalue weighted by Gasteiger charge is 2.51. The van der Waals surface area contributed by atoms with Crippen LogP contribution in [0.4, 0.5) is 4.79 Å². The normalized spacial score (nSPS) is 23.4. The first-order valence-electron chi connectivity index (χ1n) is 7.81. The molecule has 0 saturated carbocycles. The van der Waals surface area contributed by atoms with Crippen LogP contribution >= 0.6 is 11.3 Å². The van der Waals surface area contributed by atoms with E-state index in [1.165, 1.54) is 11.3 Å². The summed E-state index contributed by atoms with van der Waals surface area (Å²) in [5.74, 6) is -0.579. The molecule has 134 valence electrons. The third-order valence-corrected chi connectivity index (χ3v) is 4.71. The number of nitrogens with zero attached hydrogens (tertiary/aromatic N) is 2. The minimum atomic E-state index is -0.848. The van der Waals surface area contributed by atoms with Gasteiger partial charge in [-0.1, -0.05) is 0 Å². The number of hydrogen-bond donors (Lipinski definition) is 1. The van der Waals surface area contributed by atoms with Gasteiger partial charge in [0, 0.05) is 4.88 Å². The number of aromatic nitrogens is 1. The summed E-state index contributed by atoms with van der Waals surface area (Å²) in [6, 6.07) is -0.438. The van der Waals surface area contributed by atoms with Crippen molar-refractivity contribution in [1.29, 1.82) is 0 Å². The number of nitrogens with two attached hydrogens (primary N) is 1. The Balaban J connectivity index is 2.43. The van der Waals surface area contributed by atoms with Gasteiger partial charge in [0.2, 0.25) is 0 Å². The second-order valence-corrected chi connectivity index (χ2v) is 8.62. The van der Waals surface area contributed by atoms with Crippen LogP contribution in [-0.2, 0) is 9.47 Å². The maximum absolute atomic E-state index is 12.7. The Labute approximate surface area is 146 Å². The van der Waals surface area contributed by atoms with E-state index in [1.807, 2.05) is 41.5 Å². The Hall–Kier alpha value is -1.67. The van der Waals surface area contributed by atoms with E-state index < -0.39 is 29.4 Å². The molecule has 1 aromatic heterocycles. The largest absolute Gasteiger partial charge is 0.444 e. The monoisotopic (exact) mass is 355 g/mol.